The second-order valence-electron chi connectivity index (χ2n) is 7.00. The highest BCUT2D eigenvalue weighted by Gasteiger charge is 2.40. The lowest BCUT2D eigenvalue weighted by atomic mass is 9.79. The zero-order chi connectivity index (χ0) is 15.7. The van der Waals surface area contributed by atoms with Crippen LogP contribution in [0.5, 0.6) is 0 Å². The van der Waals surface area contributed by atoms with Gasteiger partial charge in [0.25, 0.3) is 0 Å². The third kappa shape index (κ3) is 2.77. The van der Waals surface area contributed by atoms with Crippen molar-refractivity contribution < 1.29 is 9.53 Å². The van der Waals surface area contributed by atoms with E-state index in [1.165, 1.54) is 16.7 Å². The summed E-state index contributed by atoms with van der Waals surface area (Å²) in [6, 6.07) is 7.00. The molecule has 0 unspecified atom stereocenters. The Bertz CT molecular complexity index is 564. The van der Waals surface area contributed by atoms with Crippen LogP contribution in [0.25, 0.3) is 0 Å². The number of primary amides is 1. The molecule has 1 aromatic rings. The van der Waals surface area contributed by atoms with Gasteiger partial charge in [0.05, 0.1) is 5.41 Å². The molecule has 4 heteroatoms. The fourth-order valence-corrected chi connectivity index (χ4v) is 3.85. The van der Waals surface area contributed by atoms with Gasteiger partial charge < -0.3 is 15.8 Å². The van der Waals surface area contributed by atoms with Crippen LogP contribution in [-0.2, 0) is 16.0 Å². The lowest BCUT2D eigenvalue weighted by Gasteiger charge is -2.36. The predicted octanol–water partition coefficient (Wildman–Crippen LogP) is 2.10. The molecule has 120 valence electrons. The number of hydrogen-bond donors (Lipinski definition) is 2. The molecule has 0 bridgehead atoms. The molecular weight excluding hydrogens is 276 g/mol. The quantitative estimate of drug-likeness (QED) is 0.895. The van der Waals surface area contributed by atoms with Crippen LogP contribution in [0.3, 0.4) is 0 Å². The molecule has 0 aromatic heterocycles. The summed E-state index contributed by atoms with van der Waals surface area (Å²) in [5.74, 6) is 0.347. The monoisotopic (exact) mass is 302 g/mol. The first-order valence-electron chi connectivity index (χ1n) is 8.22. The van der Waals surface area contributed by atoms with Crippen molar-refractivity contribution in [3.63, 3.8) is 0 Å². The van der Waals surface area contributed by atoms with Crippen molar-refractivity contribution >= 4 is 5.91 Å². The van der Waals surface area contributed by atoms with Crippen LogP contribution in [0.2, 0.25) is 0 Å². The number of aryl methyl sites for hydroxylation is 1. The molecule has 4 nitrogen and oxygen atoms in total. The Morgan fingerprint density at radius 1 is 1.41 bits per heavy atom. The number of nitrogens with two attached hydrogens (primary N) is 1. The smallest absolute Gasteiger partial charge is 0.225 e. The van der Waals surface area contributed by atoms with Crippen LogP contribution in [0.4, 0.5) is 0 Å². The molecule has 1 fully saturated rings. The van der Waals surface area contributed by atoms with Crippen molar-refractivity contribution in [1.82, 2.24) is 5.32 Å². The lowest BCUT2D eigenvalue weighted by molar-refractivity contribution is -0.133. The average Bonchev–Trinajstić information content (AvgIpc) is 2.81. The lowest BCUT2D eigenvalue weighted by Crippen LogP contribution is -2.49. The molecule has 2 atom stereocenters. The Labute approximate surface area is 132 Å². The molecule has 0 spiro atoms. The second-order valence-corrected chi connectivity index (χ2v) is 7.00. The molecule has 1 saturated heterocycles. The maximum atomic E-state index is 12.0. The van der Waals surface area contributed by atoms with Gasteiger partial charge in [0.1, 0.15) is 0 Å². The number of fused-ring (bicyclic) bond motifs is 1. The predicted molar refractivity (Wildman–Crippen MR) is 86.5 cm³/mol. The molecular formula is C18H26N2O2. The fourth-order valence-electron chi connectivity index (χ4n) is 3.85. The Kier molecular flexibility index (Phi) is 4.24. The van der Waals surface area contributed by atoms with Crippen LogP contribution in [0.15, 0.2) is 18.2 Å². The van der Waals surface area contributed by atoms with Gasteiger partial charge in [-0.15, -0.1) is 0 Å². The number of benzene rings is 1. The summed E-state index contributed by atoms with van der Waals surface area (Å²) in [4.78, 5) is 12.0. The molecule has 3 N–H and O–H groups in total. The number of ether oxygens (including phenoxy) is 1. The maximum absolute atomic E-state index is 12.0. The number of carbonyl (C=O) groups excluding carboxylic acids is 1. The summed E-state index contributed by atoms with van der Waals surface area (Å²) in [5.41, 5.74) is 9.35. The highest BCUT2D eigenvalue weighted by atomic mass is 16.5. The normalized spacial score (nSPS) is 26.6. The Balaban J connectivity index is 1.76. The molecule has 3 rings (SSSR count). The summed E-state index contributed by atoms with van der Waals surface area (Å²) in [6.07, 6.45) is 2.54. The van der Waals surface area contributed by atoms with Gasteiger partial charge in [-0.05, 0) is 43.2 Å². The van der Waals surface area contributed by atoms with Crippen molar-refractivity contribution in [2.75, 3.05) is 19.8 Å². The van der Waals surface area contributed by atoms with Crippen LogP contribution >= 0.6 is 0 Å². The number of nitrogens with one attached hydrogen (secondary N) is 1. The minimum Gasteiger partial charge on any atom is -0.381 e. The molecule has 1 aromatic carbocycles. The molecule has 22 heavy (non-hydrogen) atoms. The van der Waals surface area contributed by atoms with E-state index in [0.29, 0.717) is 31.7 Å². The van der Waals surface area contributed by atoms with Crippen LogP contribution in [0, 0.1) is 18.3 Å². The maximum Gasteiger partial charge on any atom is 0.225 e. The highest BCUT2D eigenvalue weighted by Crippen LogP contribution is 2.38. The largest absolute Gasteiger partial charge is 0.381 e. The first-order valence-corrected chi connectivity index (χ1v) is 8.22. The zero-order valence-electron chi connectivity index (χ0n) is 13.5. The summed E-state index contributed by atoms with van der Waals surface area (Å²) in [6.45, 7) is 6.30. The summed E-state index contributed by atoms with van der Waals surface area (Å²) in [5, 5.41) is 3.65. The molecule has 1 heterocycles. The van der Waals surface area contributed by atoms with Gasteiger partial charge in [-0.25, -0.2) is 0 Å². The third-order valence-corrected chi connectivity index (χ3v) is 5.38. The molecule has 1 aliphatic carbocycles. The molecule has 0 saturated carbocycles. The second kappa shape index (κ2) is 6.01. The van der Waals surface area contributed by atoms with E-state index >= 15 is 0 Å². The first-order chi connectivity index (χ1) is 10.5. The number of amides is 1. The van der Waals surface area contributed by atoms with Crippen molar-refractivity contribution in [1.29, 1.82) is 0 Å². The molecule has 0 radical (unpaired) electrons. The van der Waals surface area contributed by atoms with Crippen LogP contribution in [-0.4, -0.2) is 25.7 Å². The van der Waals surface area contributed by atoms with Crippen molar-refractivity contribution in [3.8, 4) is 0 Å². The van der Waals surface area contributed by atoms with Gasteiger partial charge in [-0.3, -0.25) is 4.79 Å². The van der Waals surface area contributed by atoms with E-state index in [9.17, 15) is 4.79 Å². The van der Waals surface area contributed by atoms with Gasteiger partial charge in [0.2, 0.25) is 5.91 Å². The van der Waals surface area contributed by atoms with Gasteiger partial charge in [0.15, 0.2) is 0 Å². The Morgan fingerprint density at radius 3 is 2.82 bits per heavy atom. The van der Waals surface area contributed by atoms with E-state index in [1.807, 2.05) is 0 Å². The van der Waals surface area contributed by atoms with Crippen molar-refractivity contribution in [3.05, 3.63) is 34.9 Å². The van der Waals surface area contributed by atoms with E-state index in [0.717, 1.165) is 19.3 Å². The summed E-state index contributed by atoms with van der Waals surface area (Å²) >= 11 is 0. The first kappa shape index (κ1) is 15.5. The topological polar surface area (TPSA) is 64.3 Å². The molecule has 1 aliphatic heterocycles. The van der Waals surface area contributed by atoms with E-state index in [-0.39, 0.29) is 5.91 Å². The molecule has 1 amide bonds. The van der Waals surface area contributed by atoms with Gasteiger partial charge in [-0.2, -0.15) is 0 Å². The zero-order valence-corrected chi connectivity index (χ0v) is 13.5. The standard InChI is InChI=1S/C18H26N2O2/c1-12-3-4-14-10-13(2)16(15(14)9-12)20-11-18(17(19)21)5-7-22-8-6-18/h3-4,9,13,16,20H,5-8,10-11H2,1-2H3,(H2,19,21)/t13-,16+/m0/s1. The molecule has 2 aliphatic rings. The van der Waals surface area contributed by atoms with E-state index in [2.05, 4.69) is 37.4 Å². The minimum atomic E-state index is -0.454. The van der Waals surface area contributed by atoms with Crippen molar-refractivity contribution in [2.45, 2.75) is 39.2 Å². The number of rotatable bonds is 4. The van der Waals surface area contributed by atoms with Crippen LogP contribution in [0.1, 0.15) is 42.5 Å². The van der Waals surface area contributed by atoms with Gasteiger partial charge in [-0.1, -0.05) is 30.7 Å². The summed E-state index contributed by atoms with van der Waals surface area (Å²) < 4.78 is 5.40. The van der Waals surface area contributed by atoms with E-state index < -0.39 is 5.41 Å². The minimum absolute atomic E-state index is 0.196. The summed E-state index contributed by atoms with van der Waals surface area (Å²) in [7, 11) is 0. The Morgan fingerprint density at radius 2 is 2.14 bits per heavy atom. The van der Waals surface area contributed by atoms with E-state index in [1.54, 1.807) is 0 Å². The SMILES string of the molecule is Cc1ccc2c(c1)[C@H](NCC1(C(N)=O)CCOCC1)[C@@H](C)C2. The number of hydrogen-bond acceptors (Lipinski definition) is 3. The number of carbonyl (C=O) groups is 1. The van der Waals surface area contributed by atoms with Gasteiger partial charge >= 0.3 is 0 Å². The third-order valence-electron chi connectivity index (χ3n) is 5.38. The Hall–Kier alpha value is -1.39. The van der Waals surface area contributed by atoms with Crippen molar-refractivity contribution in [2.24, 2.45) is 17.1 Å². The fraction of sp³-hybridized carbons (Fsp3) is 0.611. The average molecular weight is 302 g/mol. The van der Waals surface area contributed by atoms with Crippen LogP contribution < -0.4 is 11.1 Å². The van der Waals surface area contributed by atoms with Gasteiger partial charge in [0, 0.05) is 25.8 Å². The highest BCUT2D eigenvalue weighted by molar-refractivity contribution is 5.81. The van der Waals surface area contributed by atoms with E-state index in [4.69, 9.17) is 10.5 Å².